The summed E-state index contributed by atoms with van der Waals surface area (Å²) in [5.41, 5.74) is 2.76. The van der Waals surface area contributed by atoms with Crippen molar-refractivity contribution in [3.8, 4) is 16.9 Å². The standard InChI is InChI=1S/C13H10FOS/c1-8-4-10-5-11(14)6-12(13(10)15-8)9-2-3-16-7-9/h2-3,5-8H,1,4H2. The highest BCUT2D eigenvalue weighted by atomic mass is 32.1. The first-order valence-corrected chi connectivity index (χ1v) is 6.03. The molecule has 0 aliphatic carbocycles. The van der Waals surface area contributed by atoms with Gasteiger partial charge in [0.15, 0.2) is 0 Å². The summed E-state index contributed by atoms with van der Waals surface area (Å²) >= 11 is 1.59. The van der Waals surface area contributed by atoms with Gasteiger partial charge in [0, 0.05) is 17.5 Å². The highest BCUT2D eigenvalue weighted by molar-refractivity contribution is 7.08. The lowest BCUT2D eigenvalue weighted by atomic mass is 10.0. The zero-order valence-electron chi connectivity index (χ0n) is 8.57. The van der Waals surface area contributed by atoms with Gasteiger partial charge in [-0.25, -0.2) is 4.39 Å². The Morgan fingerprint density at radius 2 is 2.31 bits per heavy atom. The number of fused-ring (bicyclic) bond motifs is 1. The summed E-state index contributed by atoms with van der Waals surface area (Å²) in [6.07, 6.45) is 0.582. The summed E-state index contributed by atoms with van der Waals surface area (Å²) in [6, 6.07) is 5.04. The molecule has 0 fully saturated rings. The quantitative estimate of drug-likeness (QED) is 0.730. The minimum absolute atomic E-state index is 0.103. The van der Waals surface area contributed by atoms with Crippen LogP contribution in [0.25, 0.3) is 11.1 Å². The second-order valence-corrected chi connectivity index (χ2v) is 4.68. The van der Waals surface area contributed by atoms with Gasteiger partial charge in [-0.3, -0.25) is 0 Å². The first-order chi connectivity index (χ1) is 7.74. The lowest BCUT2D eigenvalue weighted by molar-refractivity contribution is 0.282. The van der Waals surface area contributed by atoms with Gasteiger partial charge in [0.2, 0.25) is 0 Å². The van der Waals surface area contributed by atoms with E-state index in [4.69, 9.17) is 4.74 Å². The molecule has 0 N–H and O–H groups in total. The fourth-order valence-electron chi connectivity index (χ4n) is 2.03. The molecule has 81 valence electrons. The normalized spacial score (nSPS) is 18.2. The van der Waals surface area contributed by atoms with Gasteiger partial charge in [-0.15, -0.1) is 0 Å². The molecule has 1 aromatic heterocycles. The molecule has 0 amide bonds. The Hall–Kier alpha value is -1.35. The lowest BCUT2D eigenvalue weighted by Crippen LogP contribution is -2.06. The molecule has 1 radical (unpaired) electrons. The van der Waals surface area contributed by atoms with Crippen LogP contribution in [0.3, 0.4) is 0 Å². The van der Waals surface area contributed by atoms with Gasteiger partial charge in [-0.2, -0.15) is 11.3 Å². The van der Waals surface area contributed by atoms with Gasteiger partial charge in [0.05, 0.1) is 0 Å². The maximum absolute atomic E-state index is 13.5. The van der Waals surface area contributed by atoms with Crippen molar-refractivity contribution in [3.63, 3.8) is 0 Å². The average molecular weight is 233 g/mol. The highest BCUT2D eigenvalue weighted by Crippen LogP contribution is 2.40. The third kappa shape index (κ3) is 1.52. The average Bonchev–Trinajstić information content (AvgIpc) is 2.83. The first-order valence-electron chi connectivity index (χ1n) is 5.09. The van der Waals surface area contributed by atoms with E-state index in [0.717, 1.165) is 22.4 Å². The van der Waals surface area contributed by atoms with E-state index in [9.17, 15) is 4.39 Å². The predicted molar refractivity (Wildman–Crippen MR) is 63.2 cm³/mol. The largest absolute Gasteiger partial charge is 0.489 e. The summed E-state index contributed by atoms with van der Waals surface area (Å²) in [6.45, 7) is 3.86. The van der Waals surface area contributed by atoms with Crippen LogP contribution >= 0.6 is 11.3 Å². The molecule has 1 aromatic carbocycles. The van der Waals surface area contributed by atoms with E-state index in [1.54, 1.807) is 11.3 Å². The highest BCUT2D eigenvalue weighted by Gasteiger charge is 2.24. The van der Waals surface area contributed by atoms with Crippen LogP contribution in [0, 0.1) is 12.7 Å². The minimum Gasteiger partial charge on any atom is -0.489 e. The Labute approximate surface area is 97.5 Å². The molecular weight excluding hydrogens is 223 g/mol. The zero-order valence-corrected chi connectivity index (χ0v) is 9.39. The Morgan fingerprint density at radius 1 is 1.44 bits per heavy atom. The van der Waals surface area contributed by atoms with Gasteiger partial charge in [0.1, 0.15) is 17.7 Å². The van der Waals surface area contributed by atoms with Gasteiger partial charge < -0.3 is 4.74 Å². The number of halogens is 1. The smallest absolute Gasteiger partial charge is 0.131 e. The minimum atomic E-state index is -0.211. The third-order valence-electron chi connectivity index (χ3n) is 2.69. The van der Waals surface area contributed by atoms with E-state index >= 15 is 0 Å². The van der Waals surface area contributed by atoms with E-state index in [2.05, 4.69) is 6.92 Å². The van der Waals surface area contributed by atoms with Crippen molar-refractivity contribution in [2.24, 2.45) is 0 Å². The number of hydrogen-bond acceptors (Lipinski definition) is 2. The van der Waals surface area contributed by atoms with Crippen molar-refractivity contribution in [2.45, 2.75) is 12.5 Å². The molecule has 1 unspecified atom stereocenters. The van der Waals surface area contributed by atoms with Crippen LogP contribution in [-0.2, 0) is 6.42 Å². The molecule has 0 saturated heterocycles. The fraction of sp³-hybridized carbons (Fsp3) is 0.154. The molecule has 1 nitrogen and oxygen atoms in total. The molecule has 3 rings (SSSR count). The molecule has 0 bridgehead atoms. The van der Waals surface area contributed by atoms with Gasteiger partial charge in [-0.1, -0.05) is 0 Å². The van der Waals surface area contributed by atoms with Crippen molar-refractivity contribution in [3.05, 3.63) is 47.3 Å². The van der Waals surface area contributed by atoms with Crippen LogP contribution in [0.4, 0.5) is 4.39 Å². The predicted octanol–water partition coefficient (Wildman–Crippen LogP) is 3.69. The summed E-state index contributed by atoms with van der Waals surface area (Å²) in [7, 11) is 0. The summed E-state index contributed by atoms with van der Waals surface area (Å²) in [5, 5.41) is 3.97. The second-order valence-electron chi connectivity index (χ2n) is 3.90. The molecule has 16 heavy (non-hydrogen) atoms. The number of hydrogen-bond donors (Lipinski definition) is 0. The fourth-order valence-corrected chi connectivity index (χ4v) is 2.68. The van der Waals surface area contributed by atoms with Gasteiger partial charge >= 0.3 is 0 Å². The zero-order chi connectivity index (χ0) is 11.1. The van der Waals surface area contributed by atoms with Crippen molar-refractivity contribution >= 4 is 11.3 Å². The van der Waals surface area contributed by atoms with Crippen molar-refractivity contribution in [1.29, 1.82) is 0 Å². The molecule has 2 heterocycles. The van der Waals surface area contributed by atoms with E-state index in [0.29, 0.717) is 6.42 Å². The van der Waals surface area contributed by atoms with E-state index in [1.165, 1.54) is 12.1 Å². The van der Waals surface area contributed by atoms with Crippen LogP contribution in [0.5, 0.6) is 5.75 Å². The summed E-state index contributed by atoms with van der Waals surface area (Å²) in [4.78, 5) is 0. The first kappa shape index (κ1) is 9.85. The summed E-state index contributed by atoms with van der Waals surface area (Å²) < 4.78 is 19.1. The van der Waals surface area contributed by atoms with Crippen LogP contribution < -0.4 is 4.74 Å². The Bertz CT molecular complexity index is 519. The molecule has 3 heteroatoms. The lowest BCUT2D eigenvalue weighted by Gasteiger charge is -2.08. The van der Waals surface area contributed by atoms with Crippen molar-refractivity contribution in [2.75, 3.05) is 0 Å². The SMILES string of the molecule is [CH2]C1Cc2cc(F)cc(-c3ccsc3)c2O1. The number of thiophene rings is 1. The number of rotatable bonds is 1. The maximum Gasteiger partial charge on any atom is 0.131 e. The van der Waals surface area contributed by atoms with Crippen LogP contribution in [0.1, 0.15) is 5.56 Å². The Kier molecular flexibility index (Phi) is 2.21. The molecule has 1 aliphatic heterocycles. The second kappa shape index (κ2) is 3.59. The van der Waals surface area contributed by atoms with Gasteiger partial charge in [-0.05, 0) is 41.4 Å². The van der Waals surface area contributed by atoms with Crippen LogP contribution in [-0.4, -0.2) is 6.10 Å². The van der Waals surface area contributed by atoms with Crippen molar-refractivity contribution < 1.29 is 9.13 Å². The Balaban J connectivity index is 2.19. The summed E-state index contributed by atoms with van der Waals surface area (Å²) in [5.74, 6) is 0.581. The Morgan fingerprint density at radius 3 is 3.06 bits per heavy atom. The molecule has 1 aliphatic rings. The number of ether oxygens (including phenoxy) is 1. The van der Waals surface area contributed by atoms with E-state index in [1.807, 2.05) is 16.8 Å². The molecule has 1 atom stereocenters. The third-order valence-corrected chi connectivity index (χ3v) is 3.38. The van der Waals surface area contributed by atoms with E-state index < -0.39 is 0 Å². The molecule has 0 spiro atoms. The molecular formula is C13H10FOS. The number of benzene rings is 1. The topological polar surface area (TPSA) is 9.23 Å². The van der Waals surface area contributed by atoms with Crippen LogP contribution in [0.2, 0.25) is 0 Å². The monoisotopic (exact) mass is 233 g/mol. The molecule has 0 saturated carbocycles. The van der Waals surface area contributed by atoms with Crippen LogP contribution in [0.15, 0.2) is 29.0 Å². The molecule has 2 aromatic rings. The van der Waals surface area contributed by atoms with Crippen molar-refractivity contribution in [1.82, 2.24) is 0 Å². The maximum atomic E-state index is 13.5. The van der Waals surface area contributed by atoms with E-state index in [-0.39, 0.29) is 11.9 Å². The van der Waals surface area contributed by atoms with Gasteiger partial charge in [0.25, 0.3) is 0 Å².